The monoisotopic (exact) mass is 507 g/mol. The first-order valence-corrected chi connectivity index (χ1v) is 12.4. The number of rotatable bonds is 8. The van der Waals surface area contributed by atoms with Gasteiger partial charge >= 0.3 is 6.03 Å². The summed E-state index contributed by atoms with van der Waals surface area (Å²) in [5, 5.41) is 15.8. The van der Waals surface area contributed by atoms with Crippen LogP contribution in [0.25, 0.3) is 5.69 Å². The molecular formula is C26H26ClN5O2S. The van der Waals surface area contributed by atoms with Crippen molar-refractivity contribution in [1.29, 1.82) is 0 Å². The molecule has 4 rings (SSSR count). The molecular weight excluding hydrogens is 482 g/mol. The zero-order chi connectivity index (χ0) is 24.8. The first kappa shape index (κ1) is 24.6. The normalized spacial score (nSPS) is 10.7. The van der Waals surface area contributed by atoms with E-state index in [0.29, 0.717) is 22.3 Å². The minimum atomic E-state index is -0.357. The van der Waals surface area contributed by atoms with Crippen LogP contribution in [-0.2, 0) is 12.3 Å². The third-order valence-corrected chi connectivity index (χ3v) is 6.68. The Hall–Kier alpha value is -3.49. The smallest absolute Gasteiger partial charge is 0.319 e. The number of aryl methyl sites for hydroxylation is 2. The van der Waals surface area contributed by atoms with Gasteiger partial charge < -0.3 is 15.4 Å². The maximum atomic E-state index is 12.6. The van der Waals surface area contributed by atoms with Gasteiger partial charge in [0.15, 0.2) is 11.0 Å². The molecule has 9 heteroatoms. The topological polar surface area (TPSA) is 81.1 Å². The van der Waals surface area contributed by atoms with Gasteiger partial charge in [0.1, 0.15) is 5.75 Å². The molecule has 0 aliphatic rings. The van der Waals surface area contributed by atoms with Crippen molar-refractivity contribution in [2.45, 2.75) is 31.3 Å². The summed E-state index contributed by atoms with van der Waals surface area (Å²) in [7, 11) is 1.58. The number of hydrogen-bond donors (Lipinski definition) is 2. The van der Waals surface area contributed by atoms with E-state index in [4.69, 9.17) is 16.3 Å². The standard InChI is InChI=1S/C26H26ClN5O2S/c1-17-7-4-5-8-19(17)16-35-26-31-30-24(32(26)23-13-20(27)12-11-18(23)2)15-28-25(33)29-21-9-6-10-22(14-21)34-3/h4-14H,15-16H2,1-3H3,(H2,28,29,33). The number of benzene rings is 3. The summed E-state index contributed by atoms with van der Waals surface area (Å²) in [6, 6.07) is 20.8. The molecule has 1 aromatic heterocycles. The molecule has 0 fully saturated rings. The van der Waals surface area contributed by atoms with Gasteiger partial charge in [-0.25, -0.2) is 4.79 Å². The Kier molecular flexibility index (Phi) is 7.94. The highest BCUT2D eigenvalue weighted by molar-refractivity contribution is 7.98. The third-order valence-electron chi connectivity index (χ3n) is 5.47. The number of anilines is 1. The molecule has 0 bridgehead atoms. The highest BCUT2D eigenvalue weighted by Gasteiger charge is 2.18. The number of urea groups is 1. The van der Waals surface area contributed by atoms with Crippen LogP contribution in [0.1, 0.15) is 22.5 Å². The second-order valence-electron chi connectivity index (χ2n) is 7.92. The van der Waals surface area contributed by atoms with Crippen molar-refractivity contribution in [3.05, 3.63) is 94.3 Å². The van der Waals surface area contributed by atoms with Crippen molar-refractivity contribution in [2.75, 3.05) is 12.4 Å². The first-order chi connectivity index (χ1) is 16.9. The third kappa shape index (κ3) is 6.15. The van der Waals surface area contributed by atoms with E-state index < -0.39 is 0 Å². The average Bonchev–Trinajstić information content (AvgIpc) is 3.26. The number of thioether (sulfide) groups is 1. The molecule has 4 aromatic rings. The predicted molar refractivity (Wildman–Crippen MR) is 141 cm³/mol. The molecule has 0 saturated carbocycles. The Balaban J connectivity index is 1.56. The minimum absolute atomic E-state index is 0.180. The molecule has 0 radical (unpaired) electrons. The first-order valence-electron chi connectivity index (χ1n) is 11.0. The summed E-state index contributed by atoms with van der Waals surface area (Å²) in [6.07, 6.45) is 0. The van der Waals surface area contributed by atoms with Crippen molar-refractivity contribution in [2.24, 2.45) is 0 Å². The van der Waals surface area contributed by atoms with E-state index in [1.54, 1.807) is 31.0 Å². The van der Waals surface area contributed by atoms with E-state index in [1.807, 2.05) is 54.0 Å². The number of ether oxygens (including phenoxy) is 1. The van der Waals surface area contributed by atoms with E-state index in [-0.39, 0.29) is 12.6 Å². The van der Waals surface area contributed by atoms with E-state index in [9.17, 15) is 4.79 Å². The molecule has 2 amide bonds. The Morgan fingerprint density at radius 1 is 1.03 bits per heavy atom. The van der Waals surface area contributed by atoms with E-state index in [1.165, 1.54) is 11.1 Å². The fraction of sp³-hybridized carbons (Fsp3) is 0.192. The molecule has 0 aliphatic carbocycles. The number of hydrogen-bond acceptors (Lipinski definition) is 5. The molecule has 35 heavy (non-hydrogen) atoms. The largest absolute Gasteiger partial charge is 0.497 e. The van der Waals surface area contributed by atoms with Crippen LogP contribution in [0, 0.1) is 13.8 Å². The summed E-state index contributed by atoms with van der Waals surface area (Å²) in [5.74, 6) is 2.01. The number of aromatic nitrogens is 3. The molecule has 0 saturated heterocycles. The molecule has 0 atom stereocenters. The van der Waals surface area contributed by atoms with E-state index in [2.05, 4.69) is 39.9 Å². The van der Waals surface area contributed by atoms with Crippen LogP contribution in [0.5, 0.6) is 5.75 Å². The fourth-order valence-corrected chi connectivity index (χ4v) is 4.73. The zero-order valence-corrected chi connectivity index (χ0v) is 21.3. The predicted octanol–water partition coefficient (Wildman–Crippen LogP) is 6.16. The Morgan fingerprint density at radius 3 is 2.66 bits per heavy atom. The Labute approximate surface area is 213 Å². The maximum absolute atomic E-state index is 12.6. The number of nitrogens with zero attached hydrogens (tertiary/aromatic N) is 3. The van der Waals surface area contributed by atoms with Crippen molar-refractivity contribution < 1.29 is 9.53 Å². The lowest BCUT2D eigenvalue weighted by Crippen LogP contribution is -2.29. The highest BCUT2D eigenvalue weighted by Crippen LogP contribution is 2.29. The van der Waals surface area contributed by atoms with Crippen LogP contribution >= 0.6 is 23.4 Å². The molecule has 1 heterocycles. The quantitative estimate of drug-likeness (QED) is 0.279. The second-order valence-corrected chi connectivity index (χ2v) is 9.30. The Morgan fingerprint density at radius 2 is 1.86 bits per heavy atom. The lowest BCUT2D eigenvalue weighted by molar-refractivity contribution is 0.251. The molecule has 2 N–H and O–H groups in total. The van der Waals surface area contributed by atoms with Crippen LogP contribution in [0.15, 0.2) is 71.9 Å². The van der Waals surface area contributed by atoms with Crippen molar-refractivity contribution in [3.63, 3.8) is 0 Å². The lowest BCUT2D eigenvalue weighted by atomic mass is 10.1. The Bertz CT molecular complexity index is 1340. The summed E-state index contributed by atoms with van der Waals surface area (Å²) in [4.78, 5) is 12.6. The maximum Gasteiger partial charge on any atom is 0.319 e. The summed E-state index contributed by atoms with van der Waals surface area (Å²) in [5.41, 5.74) is 4.98. The van der Waals surface area contributed by atoms with E-state index >= 15 is 0 Å². The fourth-order valence-electron chi connectivity index (χ4n) is 3.52. The SMILES string of the molecule is COc1cccc(NC(=O)NCc2nnc(SCc3ccccc3C)n2-c2cc(Cl)ccc2C)c1. The van der Waals surface area contributed by atoms with Gasteiger partial charge in [-0.05, 0) is 54.8 Å². The average molecular weight is 508 g/mol. The zero-order valence-electron chi connectivity index (χ0n) is 19.7. The number of carbonyl (C=O) groups is 1. The molecule has 7 nitrogen and oxygen atoms in total. The van der Waals surface area contributed by atoms with Gasteiger partial charge in [-0.3, -0.25) is 4.57 Å². The van der Waals surface area contributed by atoms with Gasteiger partial charge in [0, 0.05) is 22.5 Å². The van der Waals surface area contributed by atoms with Gasteiger partial charge in [0.25, 0.3) is 0 Å². The molecule has 0 unspecified atom stereocenters. The molecule has 0 spiro atoms. The molecule has 3 aromatic carbocycles. The summed E-state index contributed by atoms with van der Waals surface area (Å²) in [6.45, 7) is 4.28. The number of carbonyl (C=O) groups excluding carboxylic acids is 1. The lowest BCUT2D eigenvalue weighted by Gasteiger charge is -2.14. The van der Waals surface area contributed by atoms with Crippen molar-refractivity contribution >= 4 is 35.1 Å². The van der Waals surface area contributed by atoms with Crippen LogP contribution in [0.2, 0.25) is 5.02 Å². The van der Waals surface area contributed by atoms with Gasteiger partial charge in [-0.15, -0.1) is 10.2 Å². The van der Waals surface area contributed by atoms with Crippen LogP contribution < -0.4 is 15.4 Å². The number of halogens is 1. The van der Waals surface area contributed by atoms with Crippen LogP contribution in [0.4, 0.5) is 10.5 Å². The van der Waals surface area contributed by atoms with Crippen molar-refractivity contribution in [3.8, 4) is 11.4 Å². The van der Waals surface area contributed by atoms with Crippen molar-refractivity contribution in [1.82, 2.24) is 20.1 Å². The van der Waals surface area contributed by atoms with Gasteiger partial charge in [-0.1, -0.05) is 59.8 Å². The molecule has 0 aliphatic heterocycles. The van der Waals surface area contributed by atoms with Gasteiger partial charge in [0.05, 0.1) is 19.3 Å². The number of methoxy groups -OCH3 is 1. The minimum Gasteiger partial charge on any atom is -0.497 e. The number of amides is 2. The van der Waals surface area contributed by atoms with E-state index in [0.717, 1.165) is 22.2 Å². The highest BCUT2D eigenvalue weighted by atomic mass is 35.5. The van der Waals surface area contributed by atoms with Crippen LogP contribution in [0.3, 0.4) is 0 Å². The van der Waals surface area contributed by atoms with Gasteiger partial charge in [0.2, 0.25) is 0 Å². The summed E-state index contributed by atoms with van der Waals surface area (Å²) >= 11 is 7.91. The molecule has 180 valence electrons. The summed E-state index contributed by atoms with van der Waals surface area (Å²) < 4.78 is 7.16. The number of nitrogens with one attached hydrogen (secondary N) is 2. The van der Waals surface area contributed by atoms with Crippen LogP contribution in [-0.4, -0.2) is 27.9 Å². The van der Waals surface area contributed by atoms with Gasteiger partial charge in [-0.2, -0.15) is 0 Å². The second kappa shape index (κ2) is 11.3.